The van der Waals surface area contributed by atoms with Crippen molar-refractivity contribution in [2.24, 2.45) is 4.99 Å². The minimum Gasteiger partial charge on any atom is -0.465 e. The van der Waals surface area contributed by atoms with Crippen molar-refractivity contribution in [3.63, 3.8) is 0 Å². The molecule has 0 amide bonds. The average molecular weight is 294 g/mol. The van der Waals surface area contributed by atoms with Crippen molar-refractivity contribution < 1.29 is 9.53 Å². The van der Waals surface area contributed by atoms with Gasteiger partial charge in [0.2, 0.25) is 0 Å². The van der Waals surface area contributed by atoms with Gasteiger partial charge in [-0.3, -0.25) is 4.99 Å². The molecule has 0 fully saturated rings. The van der Waals surface area contributed by atoms with E-state index in [0.29, 0.717) is 17.3 Å². The van der Waals surface area contributed by atoms with Gasteiger partial charge in [-0.1, -0.05) is 29.8 Å². The fourth-order valence-corrected chi connectivity index (χ4v) is 2.38. The van der Waals surface area contributed by atoms with Crippen LogP contribution in [0.5, 0.6) is 0 Å². The molecule has 1 aromatic heterocycles. The number of methoxy groups -OCH3 is 1. The second kappa shape index (κ2) is 6.50. The largest absolute Gasteiger partial charge is 0.465 e. The fourth-order valence-electron chi connectivity index (χ4n) is 1.50. The summed E-state index contributed by atoms with van der Waals surface area (Å²) in [6, 6.07) is 11.0. The van der Waals surface area contributed by atoms with Gasteiger partial charge >= 0.3 is 5.97 Å². The van der Waals surface area contributed by atoms with Crippen molar-refractivity contribution in [3.8, 4) is 0 Å². The van der Waals surface area contributed by atoms with Crippen LogP contribution in [0.15, 0.2) is 46.8 Å². The topological polar surface area (TPSA) is 38.7 Å². The van der Waals surface area contributed by atoms with Crippen molar-refractivity contribution in [2.75, 3.05) is 7.11 Å². The molecule has 0 N–H and O–H groups in total. The van der Waals surface area contributed by atoms with Gasteiger partial charge in [0.05, 0.1) is 24.1 Å². The minimum atomic E-state index is -0.341. The van der Waals surface area contributed by atoms with Gasteiger partial charge in [-0.25, -0.2) is 4.79 Å². The summed E-state index contributed by atoms with van der Waals surface area (Å²) in [6.07, 6.45) is 0. The van der Waals surface area contributed by atoms with E-state index in [1.807, 2.05) is 29.6 Å². The van der Waals surface area contributed by atoms with Crippen LogP contribution in [0, 0.1) is 0 Å². The summed E-state index contributed by atoms with van der Waals surface area (Å²) >= 11 is 7.64. The molecule has 0 aliphatic carbocycles. The zero-order chi connectivity index (χ0) is 13.7. The Labute approximate surface area is 120 Å². The molecule has 0 saturated carbocycles. The van der Waals surface area contributed by atoms with E-state index >= 15 is 0 Å². The molecular weight excluding hydrogens is 282 g/mol. The average Bonchev–Trinajstić information content (AvgIpc) is 2.98. The van der Waals surface area contributed by atoms with Gasteiger partial charge in [0.25, 0.3) is 0 Å². The van der Waals surface area contributed by atoms with Gasteiger partial charge in [-0.2, -0.15) is 0 Å². The molecule has 2 aromatic rings. The van der Waals surface area contributed by atoms with Crippen molar-refractivity contribution in [2.45, 2.75) is 6.54 Å². The van der Waals surface area contributed by atoms with Crippen molar-refractivity contribution in [1.29, 1.82) is 0 Å². The lowest BCUT2D eigenvalue weighted by molar-refractivity contribution is 0.0600. The zero-order valence-electron chi connectivity index (χ0n) is 10.3. The molecule has 0 aliphatic rings. The molecule has 0 aliphatic heterocycles. The van der Waals surface area contributed by atoms with E-state index in [2.05, 4.69) is 9.73 Å². The Bertz CT molecular complexity index is 576. The molecule has 2 rings (SSSR count). The Morgan fingerprint density at radius 3 is 2.63 bits per heavy atom. The Morgan fingerprint density at radius 2 is 2.05 bits per heavy atom. The normalized spacial score (nSPS) is 11.4. The van der Waals surface area contributed by atoms with Gasteiger partial charge in [0.15, 0.2) is 0 Å². The molecule has 1 heterocycles. The van der Waals surface area contributed by atoms with Gasteiger partial charge in [0.1, 0.15) is 5.17 Å². The SMILES string of the molecule is COC(=O)c1ccc(CN=C(Cl)c2cccs2)cc1. The van der Waals surface area contributed by atoms with E-state index in [1.54, 1.807) is 23.5 Å². The summed E-state index contributed by atoms with van der Waals surface area (Å²) < 4.78 is 4.64. The number of benzene rings is 1. The summed E-state index contributed by atoms with van der Waals surface area (Å²) in [5, 5.41) is 2.46. The molecule has 0 unspecified atom stereocenters. The van der Waals surface area contributed by atoms with E-state index in [-0.39, 0.29) is 5.97 Å². The molecule has 0 spiro atoms. The molecule has 0 saturated heterocycles. The second-order valence-corrected chi connectivity index (χ2v) is 5.08. The van der Waals surface area contributed by atoms with Crippen LogP contribution in [0.25, 0.3) is 0 Å². The van der Waals surface area contributed by atoms with Crippen LogP contribution in [0.2, 0.25) is 0 Å². The van der Waals surface area contributed by atoms with Crippen LogP contribution in [-0.2, 0) is 11.3 Å². The van der Waals surface area contributed by atoms with Crippen LogP contribution in [0.3, 0.4) is 0 Å². The number of halogens is 1. The smallest absolute Gasteiger partial charge is 0.337 e. The second-order valence-electron chi connectivity index (χ2n) is 3.77. The summed E-state index contributed by atoms with van der Waals surface area (Å²) in [7, 11) is 1.36. The number of nitrogens with zero attached hydrogens (tertiary/aromatic N) is 1. The van der Waals surface area contributed by atoms with Gasteiger partial charge in [0, 0.05) is 0 Å². The van der Waals surface area contributed by atoms with Crippen LogP contribution in [-0.4, -0.2) is 18.2 Å². The number of aliphatic imine (C=N–C) groups is 1. The Balaban J connectivity index is 2.04. The van der Waals surface area contributed by atoms with E-state index in [0.717, 1.165) is 10.4 Å². The minimum absolute atomic E-state index is 0.341. The van der Waals surface area contributed by atoms with E-state index in [4.69, 9.17) is 11.6 Å². The first-order valence-corrected chi connectivity index (χ1v) is 6.87. The lowest BCUT2D eigenvalue weighted by Gasteiger charge is -2.01. The number of hydrogen-bond donors (Lipinski definition) is 0. The van der Waals surface area contributed by atoms with E-state index < -0.39 is 0 Å². The highest BCUT2D eigenvalue weighted by Crippen LogP contribution is 2.14. The van der Waals surface area contributed by atoms with Crippen LogP contribution >= 0.6 is 22.9 Å². The first-order chi connectivity index (χ1) is 9.20. The maximum absolute atomic E-state index is 11.3. The predicted octanol–water partition coefficient (Wildman–Crippen LogP) is 3.72. The third-order valence-electron chi connectivity index (χ3n) is 2.50. The number of ether oxygens (including phenoxy) is 1. The first-order valence-electron chi connectivity index (χ1n) is 5.62. The maximum Gasteiger partial charge on any atom is 0.337 e. The highest BCUT2D eigenvalue weighted by atomic mass is 35.5. The third-order valence-corrected chi connectivity index (χ3v) is 3.81. The summed E-state index contributed by atoms with van der Waals surface area (Å²) in [6.45, 7) is 0.484. The molecule has 0 bridgehead atoms. The van der Waals surface area contributed by atoms with Crippen LogP contribution in [0.4, 0.5) is 0 Å². The molecule has 3 nitrogen and oxygen atoms in total. The highest BCUT2D eigenvalue weighted by Gasteiger charge is 2.04. The summed E-state index contributed by atoms with van der Waals surface area (Å²) in [5.74, 6) is -0.341. The summed E-state index contributed by atoms with van der Waals surface area (Å²) in [4.78, 5) is 16.5. The Kier molecular flexibility index (Phi) is 4.71. The zero-order valence-corrected chi connectivity index (χ0v) is 11.9. The number of thiophene rings is 1. The quantitative estimate of drug-likeness (QED) is 0.636. The number of rotatable bonds is 4. The molecule has 1 aromatic carbocycles. The number of carbonyl (C=O) groups is 1. The standard InChI is InChI=1S/C14H12ClNO2S/c1-18-14(17)11-6-4-10(5-7-11)9-16-13(15)12-3-2-8-19-12/h2-8H,9H2,1H3. The number of hydrogen-bond acceptors (Lipinski definition) is 4. The maximum atomic E-state index is 11.3. The van der Waals surface area contributed by atoms with Crippen molar-refractivity contribution in [3.05, 3.63) is 57.8 Å². The van der Waals surface area contributed by atoms with Crippen LogP contribution in [0.1, 0.15) is 20.8 Å². The Hall–Kier alpha value is -1.65. The molecule has 19 heavy (non-hydrogen) atoms. The predicted molar refractivity (Wildman–Crippen MR) is 78.2 cm³/mol. The molecule has 0 atom stereocenters. The van der Waals surface area contributed by atoms with E-state index in [9.17, 15) is 4.79 Å². The molecule has 98 valence electrons. The Morgan fingerprint density at radius 1 is 1.32 bits per heavy atom. The van der Waals surface area contributed by atoms with Crippen LogP contribution < -0.4 is 0 Å². The van der Waals surface area contributed by atoms with Gasteiger partial charge < -0.3 is 4.74 Å². The van der Waals surface area contributed by atoms with Crippen molar-refractivity contribution in [1.82, 2.24) is 0 Å². The third kappa shape index (κ3) is 3.66. The van der Waals surface area contributed by atoms with E-state index in [1.165, 1.54) is 7.11 Å². The number of esters is 1. The lowest BCUT2D eigenvalue weighted by Crippen LogP contribution is -2.00. The molecule has 0 radical (unpaired) electrons. The monoisotopic (exact) mass is 293 g/mol. The lowest BCUT2D eigenvalue weighted by atomic mass is 10.1. The molecular formula is C14H12ClNO2S. The van der Waals surface area contributed by atoms with Gasteiger partial charge in [-0.15, -0.1) is 11.3 Å². The number of carbonyl (C=O) groups excluding carboxylic acids is 1. The summed E-state index contributed by atoms with van der Waals surface area (Å²) in [5.41, 5.74) is 1.52. The first kappa shape index (κ1) is 13.8. The highest BCUT2D eigenvalue weighted by molar-refractivity contribution is 7.14. The molecule has 5 heteroatoms. The van der Waals surface area contributed by atoms with Gasteiger partial charge in [-0.05, 0) is 29.1 Å². The fraction of sp³-hybridized carbons (Fsp3) is 0.143. The van der Waals surface area contributed by atoms with Crippen molar-refractivity contribution >= 4 is 34.1 Å².